The topological polar surface area (TPSA) is 29.1 Å². The Kier molecular flexibility index (Phi) is 3.75. The summed E-state index contributed by atoms with van der Waals surface area (Å²) in [5.41, 5.74) is 0.296. The fraction of sp³-hybridized carbons (Fsp3) is 1.00. The molecule has 84 valence electrons. The van der Waals surface area contributed by atoms with Gasteiger partial charge < -0.3 is 5.32 Å². The van der Waals surface area contributed by atoms with Gasteiger partial charge >= 0.3 is 0 Å². The molecule has 0 bridgehead atoms. The van der Waals surface area contributed by atoms with Crippen LogP contribution in [0.25, 0.3) is 0 Å². The summed E-state index contributed by atoms with van der Waals surface area (Å²) in [6.45, 7) is 8.64. The van der Waals surface area contributed by atoms with Gasteiger partial charge in [-0.3, -0.25) is 4.21 Å². The summed E-state index contributed by atoms with van der Waals surface area (Å²) in [7, 11) is 1.30. The summed E-state index contributed by atoms with van der Waals surface area (Å²) < 4.78 is 12.1. The molecular weight excluding hydrogens is 194 g/mol. The van der Waals surface area contributed by atoms with Gasteiger partial charge in [-0.25, -0.2) is 0 Å². The van der Waals surface area contributed by atoms with Gasteiger partial charge in [0.1, 0.15) is 0 Å². The minimum atomic E-state index is -0.686. The largest absolute Gasteiger partial charge is 0.315 e. The van der Waals surface area contributed by atoms with Crippen molar-refractivity contribution in [3.8, 4) is 0 Å². The molecule has 3 unspecified atom stereocenters. The molecule has 0 aromatic carbocycles. The average molecular weight is 217 g/mol. The highest BCUT2D eigenvalue weighted by Crippen LogP contribution is 2.40. The van der Waals surface area contributed by atoms with E-state index in [0.29, 0.717) is 16.7 Å². The standard InChI is InChI=1S/C11H23NOS/c1-8(2)14(13)9-6-7-11(3,4)10(9)12-5/h8-10,12H,6-7H2,1-5H3. The second-order valence-electron chi connectivity index (χ2n) is 5.21. The molecule has 1 saturated carbocycles. The molecule has 2 nitrogen and oxygen atoms in total. The van der Waals surface area contributed by atoms with Crippen molar-refractivity contribution < 1.29 is 4.21 Å². The van der Waals surface area contributed by atoms with Gasteiger partial charge in [0.15, 0.2) is 0 Å². The van der Waals surface area contributed by atoms with Crippen molar-refractivity contribution in [3.63, 3.8) is 0 Å². The SMILES string of the molecule is CNC1C(S(=O)C(C)C)CCC1(C)C. The van der Waals surface area contributed by atoms with Crippen LogP contribution in [-0.4, -0.2) is 27.8 Å². The van der Waals surface area contributed by atoms with E-state index in [4.69, 9.17) is 0 Å². The molecule has 0 aromatic heterocycles. The summed E-state index contributed by atoms with van der Waals surface area (Å²) in [6, 6.07) is 0.408. The monoisotopic (exact) mass is 217 g/mol. The molecule has 0 aliphatic heterocycles. The molecule has 3 heteroatoms. The van der Waals surface area contributed by atoms with E-state index in [1.807, 2.05) is 20.9 Å². The van der Waals surface area contributed by atoms with Gasteiger partial charge in [0.2, 0.25) is 0 Å². The summed E-state index contributed by atoms with van der Waals surface area (Å²) >= 11 is 0. The first-order valence-corrected chi connectivity index (χ1v) is 6.74. The molecule has 0 saturated heterocycles. The van der Waals surface area contributed by atoms with Crippen LogP contribution < -0.4 is 5.32 Å². The molecule has 1 N–H and O–H groups in total. The first kappa shape index (κ1) is 12.2. The summed E-state index contributed by atoms with van der Waals surface area (Å²) in [5, 5.41) is 3.97. The van der Waals surface area contributed by atoms with Crippen molar-refractivity contribution in [1.29, 1.82) is 0 Å². The van der Waals surface area contributed by atoms with E-state index in [1.165, 1.54) is 6.42 Å². The maximum atomic E-state index is 12.1. The molecule has 14 heavy (non-hydrogen) atoms. The lowest BCUT2D eigenvalue weighted by atomic mass is 9.87. The van der Waals surface area contributed by atoms with Crippen molar-refractivity contribution in [3.05, 3.63) is 0 Å². The molecule has 0 radical (unpaired) electrons. The minimum Gasteiger partial charge on any atom is -0.315 e. The zero-order chi connectivity index (χ0) is 10.9. The van der Waals surface area contributed by atoms with Crippen molar-refractivity contribution in [2.75, 3.05) is 7.05 Å². The zero-order valence-electron chi connectivity index (χ0n) is 9.96. The van der Waals surface area contributed by atoms with Crippen LogP contribution in [0, 0.1) is 5.41 Å². The quantitative estimate of drug-likeness (QED) is 0.782. The lowest BCUT2D eigenvalue weighted by molar-refractivity contribution is 0.299. The Hall–Kier alpha value is 0.110. The Balaban J connectivity index is 2.77. The Morgan fingerprint density at radius 1 is 1.43 bits per heavy atom. The number of rotatable bonds is 3. The molecule has 0 heterocycles. The molecule has 0 aromatic rings. The van der Waals surface area contributed by atoms with Crippen molar-refractivity contribution in [2.45, 2.75) is 57.1 Å². The van der Waals surface area contributed by atoms with Crippen LogP contribution >= 0.6 is 0 Å². The highest BCUT2D eigenvalue weighted by atomic mass is 32.2. The van der Waals surface area contributed by atoms with E-state index in [9.17, 15) is 4.21 Å². The summed E-state index contributed by atoms with van der Waals surface area (Å²) in [4.78, 5) is 0. The number of hydrogen-bond acceptors (Lipinski definition) is 2. The Morgan fingerprint density at radius 2 is 2.00 bits per heavy atom. The lowest BCUT2D eigenvalue weighted by Gasteiger charge is -2.30. The van der Waals surface area contributed by atoms with Crippen LogP contribution in [0.3, 0.4) is 0 Å². The number of hydrogen-bond donors (Lipinski definition) is 1. The van der Waals surface area contributed by atoms with Crippen LogP contribution in [0.4, 0.5) is 0 Å². The van der Waals surface area contributed by atoms with E-state index < -0.39 is 10.8 Å². The Bertz CT molecular complexity index is 225. The van der Waals surface area contributed by atoms with Gasteiger partial charge in [0, 0.05) is 22.1 Å². The molecule has 1 aliphatic rings. The molecule has 0 amide bonds. The highest BCUT2D eigenvalue weighted by molar-refractivity contribution is 7.86. The van der Waals surface area contributed by atoms with Crippen LogP contribution in [0.2, 0.25) is 0 Å². The fourth-order valence-electron chi connectivity index (χ4n) is 2.52. The average Bonchev–Trinajstić information content (AvgIpc) is 2.39. The predicted molar refractivity (Wildman–Crippen MR) is 62.9 cm³/mol. The lowest BCUT2D eigenvalue weighted by Crippen LogP contribution is -2.45. The molecule has 3 atom stereocenters. The van der Waals surface area contributed by atoms with Gasteiger partial charge in [-0.1, -0.05) is 27.7 Å². The van der Waals surface area contributed by atoms with Gasteiger partial charge in [-0.05, 0) is 25.3 Å². The van der Waals surface area contributed by atoms with Crippen molar-refractivity contribution in [1.82, 2.24) is 5.32 Å². The summed E-state index contributed by atoms with van der Waals surface area (Å²) in [6.07, 6.45) is 2.28. The first-order chi connectivity index (χ1) is 6.40. The van der Waals surface area contributed by atoms with E-state index in [2.05, 4.69) is 19.2 Å². The molecule has 1 fully saturated rings. The molecule has 0 spiro atoms. The third-order valence-corrected chi connectivity index (χ3v) is 5.39. The van der Waals surface area contributed by atoms with E-state index in [1.54, 1.807) is 0 Å². The van der Waals surface area contributed by atoms with Crippen LogP contribution in [0.15, 0.2) is 0 Å². The van der Waals surface area contributed by atoms with E-state index in [0.717, 1.165) is 6.42 Å². The normalized spacial score (nSPS) is 33.6. The van der Waals surface area contributed by atoms with Gasteiger partial charge in [0.05, 0.1) is 5.25 Å². The Labute approximate surface area is 90.3 Å². The zero-order valence-corrected chi connectivity index (χ0v) is 10.8. The maximum Gasteiger partial charge on any atom is 0.0509 e. The molecule has 1 rings (SSSR count). The summed E-state index contributed by atoms with van der Waals surface area (Å²) in [5.74, 6) is 0. The third kappa shape index (κ3) is 2.19. The minimum absolute atomic E-state index is 0.282. The van der Waals surface area contributed by atoms with Crippen molar-refractivity contribution in [2.24, 2.45) is 5.41 Å². The van der Waals surface area contributed by atoms with Gasteiger partial charge in [0.25, 0.3) is 0 Å². The van der Waals surface area contributed by atoms with Crippen LogP contribution in [-0.2, 0) is 10.8 Å². The maximum absolute atomic E-state index is 12.1. The Morgan fingerprint density at radius 3 is 2.43 bits per heavy atom. The van der Waals surface area contributed by atoms with Crippen molar-refractivity contribution >= 4 is 10.8 Å². The van der Waals surface area contributed by atoms with E-state index >= 15 is 0 Å². The molecule has 1 aliphatic carbocycles. The second-order valence-corrected chi connectivity index (χ2v) is 7.41. The number of nitrogens with one attached hydrogen (secondary N) is 1. The highest BCUT2D eigenvalue weighted by Gasteiger charge is 2.44. The predicted octanol–water partition coefficient (Wildman–Crippen LogP) is 1.92. The van der Waals surface area contributed by atoms with Crippen LogP contribution in [0.5, 0.6) is 0 Å². The van der Waals surface area contributed by atoms with Crippen LogP contribution in [0.1, 0.15) is 40.5 Å². The third-order valence-electron chi connectivity index (χ3n) is 3.36. The van der Waals surface area contributed by atoms with Gasteiger partial charge in [-0.15, -0.1) is 0 Å². The van der Waals surface area contributed by atoms with E-state index in [-0.39, 0.29) is 5.25 Å². The fourth-order valence-corrected chi connectivity index (χ4v) is 4.34. The molecular formula is C11H23NOS. The first-order valence-electron chi connectivity index (χ1n) is 5.47. The second kappa shape index (κ2) is 4.31. The smallest absolute Gasteiger partial charge is 0.0509 e. The van der Waals surface area contributed by atoms with Gasteiger partial charge in [-0.2, -0.15) is 0 Å².